The van der Waals surface area contributed by atoms with Gasteiger partial charge in [-0.05, 0) is 71.7 Å². The molecule has 0 saturated carbocycles. The Morgan fingerprint density at radius 3 is 2.19 bits per heavy atom. The van der Waals surface area contributed by atoms with Gasteiger partial charge in [0.1, 0.15) is 6.17 Å². The molecule has 5 nitrogen and oxygen atoms in total. The van der Waals surface area contributed by atoms with E-state index in [1.165, 1.54) is 0 Å². The lowest BCUT2D eigenvalue weighted by Crippen LogP contribution is -2.60. The van der Waals surface area contributed by atoms with Crippen LogP contribution in [-0.4, -0.2) is 92.4 Å². The van der Waals surface area contributed by atoms with E-state index in [1.807, 2.05) is 44.7 Å². The molecule has 7 heteroatoms. The van der Waals surface area contributed by atoms with Gasteiger partial charge in [-0.25, -0.2) is 4.39 Å². The summed E-state index contributed by atoms with van der Waals surface area (Å²) in [6, 6.07) is 0.00551. The number of likely N-dealkylation sites (tertiary alicyclic amines) is 1. The first-order valence-corrected chi connectivity index (χ1v) is 14.6. The number of piperidine rings is 1. The third-order valence-electron chi connectivity index (χ3n) is 7.69. The second-order valence-corrected chi connectivity index (χ2v) is 9.68. The van der Waals surface area contributed by atoms with Gasteiger partial charge in [0.2, 0.25) is 5.91 Å². The Labute approximate surface area is 227 Å². The lowest BCUT2D eigenvalue weighted by Gasteiger charge is -2.49. The third-order valence-corrected chi connectivity index (χ3v) is 7.69. The van der Waals surface area contributed by atoms with E-state index < -0.39 is 6.17 Å². The van der Waals surface area contributed by atoms with Crippen LogP contribution in [-0.2, 0) is 9.53 Å². The highest BCUT2D eigenvalue weighted by atomic mass is 19.1. The minimum absolute atomic E-state index is 0.00551. The van der Waals surface area contributed by atoms with Crippen molar-refractivity contribution in [3.8, 4) is 0 Å². The van der Waals surface area contributed by atoms with Crippen LogP contribution in [0, 0.1) is 0 Å². The average molecular weight is 530 g/mol. The number of allylic oxidation sites excluding steroid dienone is 3. The number of rotatable bonds is 6. The number of likely N-dealkylation sites (N-methyl/N-ethyl adjacent to an activating group) is 1. The molecule has 2 unspecified atom stereocenters. The first-order chi connectivity index (χ1) is 17.9. The second-order valence-electron chi connectivity index (χ2n) is 9.68. The van der Waals surface area contributed by atoms with E-state index in [0.29, 0.717) is 7.18 Å². The van der Waals surface area contributed by atoms with Crippen molar-refractivity contribution < 1.29 is 18.3 Å². The lowest BCUT2D eigenvalue weighted by molar-refractivity contribution is -0.130. The van der Waals surface area contributed by atoms with Gasteiger partial charge in [-0.2, -0.15) is 0 Å². The Morgan fingerprint density at radius 2 is 1.65 bits per heavy atom. The predicted octanol–water partition coefficient (Wildman–Crippen LogP) is 6.79. The second kappa shape index (κ2) is 19.6. The molecule has 1 spiro atoms. The number of carbonyl (C=O) groups is 1. The molecule has 0 bridgehead atoms. The summed E-state index contributed by atoms with van der Waals surface area (Å²) in [6.07, 6.45) is 10.7. The molecule has 3 aliphatic rings. The van der Waals surface area contributed by atoms with Crippen LogP contribution in [0.2, 0.25) is 0 Å². The number of amides is 1. The van der Waals surface area contributed by atoms with E-state index in [1.54, 1.807) is 14.0 Å². The number of ether oxygens (including phenoxy) is 1. The number of hydrogen-bond donors (Lipinski definition) is 0. The SMILES string of the molecule is CC.CC.CCCC(C(C)F)N1CCCN(C)C2(CCN(C(=O)C3=CC=C(OC)CCC3)CC2)C1.CF. The molecule has 2 fully saturated rings. The fourth-order valence-electron chi connectivity index (χ4n) is 5.64. The Morgan fingerprint density at radius 1 is 1.03 bits per heavy atom. The van der Waals surface area contributed by atoms with Gasteiger partial charge < -0.3 is 9.64 Å². The highest BCUT2D eigenvalue weighted by Crippen LogP contribution is 2.34. The topological polar surface area (TPSA) is 36.0 Å². The maximum Gasteiger partial charge on any atom is 0.249 e. The van der Waals surface area contributed by atoms with Crippen LogP contribution < -0.4 is 0 Å². The summed E-state index contributed by atoms with van der Waals surface area (Å²) in [6.45, 7) is 16.3. The maximum absolute atomic E-state index is 14.5. The monoisotopic (exact) mass is 529 g/mol. The van der Waals surface area contributed by atoms with E-state index in [2.05, 4.69) is 23.8 Å². The molecular formula is C30H57F2N3O2. The van der Waals surface area contributed by atoms with Crippen LogP contribution in [0.5, 0.6) is 0 Å². The largest absolute Gasteiger partial charge is 0.501 e. The minimum Gasteiger partial charge on any atom is -0.501 e. The van der Waals surface area contributed by atoms with E-state index in [9.17, 15) is 13.6 Å². The van der Waals surface area contributed by atoms with Crippen molar-refractivity contribution in [1.29, 1.82) is 0 Å². The zero-order chi connectivity index (χ0) is 28.4. The van der Waals surface area contributed by atoms with Crippen LogP contribution in [0.4, 0.5) is 8.78 Å². The number of nitrogens with zero attached hydrogens (tertiary/aromatic N) is 3. The standard InChI is InChI=1S/C25H42FN3O2.2C2H6.CH3F/c1-5-8-23(20(2)26)29-16-7-15-27(3)25(19-29)13-17-28(18-14-25)24(30)21-9-6-10-22(31-4)12-11-21;3*1-2/h11-12,20,23H,5-10,13-19H2,1-4H3;2*1-2H3;1H3. The molecule has 218 valence electrons. The normalized spacial score (nSPS) is 21.6. The number of alkyl halides is 2. The van der Waals surface area contributed by atoms with Crippen molar-refractivity contribution in [3.05, 3.63) is 23.5 Å². The summed E-state index contributed by atoms with van der Waals surface area (Å²) in [5.41, 5.74) is 0.933. The Balaban J connectivity index is 0.00000201. The van der Waals surface area contributed by atoms with Crippen LogP contribution in [0.1, 0.15) is 92.9 Å². The molecule has 37 heavy (non-hydrogen) atoms. The van der Waals surface area contributed by atoms with Gasteiger partial charge >= 0.3 is 0 Å². The number of methoxy groups -OCH3 is 1. The molecule has 0 aromatic heterocycles. The number of hydrogen-bond acceptors (Lipinski definition) is 4. The first kappa shape index (κ1) is 35.5. The van der Waals surface area contributed by atoms with Crippen molar-refractivity contribution in [3.63, 3.8) is 0 Å². The molecule has 3 rings (SSSR count). The van der Waals surface area contributed by atoms with Crippen LogP contribution in [0.15, 0.2) is 23.5 Å². The van der Waals surface area contributed by atoms with Crippen molar-refractivity contribution in [1.82, 2.24) is 14.7 Å². The van der Waals surface area contributed by atoms with Crippen molar-refractivity contribution in [2.24, 2.45) is 0 Å². The first-order valence-electron chi connectivity index (χ1n) is 14.6. The van der Waals surface area contributed by atoms with Crippen LogP contribution in [0.3, 0.4) is 0 Å². The van der Waals surface area contributed by atoms with Gasteiger partial charge in [0.15, 0.2) is 0 Å². The smallest absolute Gasteiger partial charge is 0.249 e. The summed E-state index contributed by atoms with van der Waals surface area (Å²) < 4.78 is 29.3. The van der Waals surface area contributed by atoms with E-state index in [4.69, 9.17) is 4.74 Å². The Kier molecular flexibility index (Phi) is 18.8. The average Bonchev–Trinajstić information content (AvgIpc) is 3.28. The van der Waals surface area contributed by atoms with Gasteiger partial charge in [0.05, 0.1) is 20.0 Å². The van der Waals surface area contributed by atoms with Crippen LogP contribution >= 0.6 is 0 Å². The molecule has 1 aliphatic carbocycles. The van der Waals surface area contributed by atoms with Gasteiger partial charge in [-0.15, -0.1) is 0 Å². The molecule has 2 saturated heterocycles. The van der Waals surface area contributed by atoms with Gasteiger partial charge in [0.25, 0.3) is 0 Å². The van der Waals surface area contributed by atoms with Gasteiger partial charge in [-0.3, -0.25) is 19.0 Å². The summed E-state index contributed by atoms with van der Waals surface area (Å²) in [4.78, 5) is 20.1. The number of carbonyl (C=O) groups excluding carboxylic acids is 1. The third kappa shape index (κ3) is 10.3. The van der Waals surface area contributed by atoms with Crippen molar-refractivity contribution in [2.45, 2.75) is 111 Å². The number of halogens is 2. The minimum atomic E-state index is -0.811. The quantitative estimate of drug-likeness (QED) is 0.380. The van der Waals surface area contributed by atoms with Gasteiger partial charge in [0, 0.05) is 43.2 Å². The van der Waals surface area contributed by atoms with Crippen molar-refractivity contribution >= 4 is 5.91 Å². The van der Waals surface area contributed by atoms with E-state index in [-0.39, 0.29) is 17.5 Å². The Bertz CT molecular complexity index is 674. The molecule has 0 N–H and O–H groups in total. The van der Waals surface area contributed by atoms with E-state index >= 15 is 0 Å². The maximum atomic E-state index is 14.5. The summed E-state index contributed by atoms with van der Waals surface area (Å²) in [7, 11) is 4.41. The highest BCUT2D eigenvalue weighted by Gasteiger charge is 2.43. The fraction of sp³-hybridized carbons (Fsp3) is 0.833. The van der Waals surface area contributed by atoms with Gasteiger partial charge in [-0.1, -0.05) is 47.1 Å². The Hall–Kier alpha value is -1.47. The fourth-order valence-corrected chi connectivity index (χ4v) is 5.64. The highest BCUT2D eigenvalue weighted by molar-refractivity contribution is 5.93. The summed E-state index contributed by atoms with van der Waals surface area (Å²) in [5, 5.41) is 0. The zero-order valence-electron chi connectivity index (χ0n) is 25.4. The van der Waals surface area contributed by atoms with E-state index in [0.717, 1.165) is 95.4 Å². The zero-order valence-corrected chi connectivity index (χ0v) is 25.4. The molecule has 0 aromatic carbocycles. The summed E-state index contributed by atoms with van der Waals surface area (Å²) in [5.74, 6) is 1.13. The van der Waals surface area contributed by atoms with Crippen molar-refractivity contribution in [2.75, 3.05) is 54.1 Å². The molecule has 2 atom stereocenters. The molecule has 2 aliphatic heterocycles. The van der Waals surface area contributed by atoms with Crippen LogP contribution in [0.25, 0.3) is 0 Å². The molecular weight excluding hydrogens is 472 g/mol. The lowest BCUT2D eigenvalue weighted by atomic mass is 9.84. The molecule has 0 radical (unpaired) electrons. The predicted molar refractivity (Wildman–Crippen MR) is 153 cm³/mol. The molecule has 1 amide bonds. The molecule has 0 aromatic rings. The molecule has 2 heterocycles. The summed E-state index contributed by atoms with van der Waals surface area (Å²) >= 11 is 0.